The van der Waals surface area contributed by atoms with Crippen molar-refractivity contribution in [1.82, 2.24) is 5.32 Å². The van der Waals surface area contributed by atoms with Crippen LogP contribution in [-0.2, 0) is 9.47 Å². The largest absolute Gasteiger partial charge is 0.383 e. The Morgan fingerprint density at radius 3 is 2.29 bits per heavy atom. The van der Waals surface area contributed by atoms with Gasteiger partial charge in [-0.05, 0) is 26.3 Å². The van der Waals surface area contributed by atoms with Crippen molar-refractivity contribution in [3.63, 3.8) is 0 Å². The molecule has 2 unspecified atom stereocenters. The Bertz CT molecular complexity index is 135. The van der Waals surface area contributed by atoms with Gasteiger partial charge in [0.15, 0.2) is 0 Å². The molecule has 1 N–H and O–H groups in total. The van der Waals surface area contributed by atoms with E-state index in [1.54, 1.807) is 14.2 Å². The van der Waals surface area contributed by atoms with Crippen molar-refractivity contribution in [2.75, 3.05) is 27.4 Å². The fourth-order valence-corrected chi connectivity index (χ4v) is 1.47. The van der Waals surface area contributed by atoms with E-state index in [-0.39, 0.29) is 11.6 Å². The first-order valence-electron chi connectivity index (χ1n) is 5.42. The van der Waals surface area contributed by atoms with Crippen molar-refractivity contribution in [2.24, 2.45) is 0 Å². The van der Waals surface area contributed by atoms with Gasteiger partial charge in [-0.3, -0.25) is 0 Å². The molecular formula is C11H25NO2. The summed E-state index contributed by atoms with van der Waals surface area (Å²) in [5.41, 5.74) is -0.134. The molecule has 2 atom stereocenters. The average Bonchev–Trinajstić information content (AvgIpc) is 2.23. The van der Waals surface area contributed by atoms with Gasteiger partial charge in [-0.1, -0.05) is 13.8 Å². The summed E-state index contributed by atoms with van der Waals surface area (Å²) in [5.74, 6) is 0. The van der Waals surface area contributed by atoms with Crippen LogP contribution in [0.25, 0.3) is 0 Å². The minimum Gasteiger partial charge on any atom is -0.383 e. The first-order valence-corrected chi connectivity index (χ1v) is 5.42. The van der Waals surface area contributed by atoms with Crippen molar-refractivity contribution in [2.45, 2.75) is 45.3 Å². The summed E-state index contributed by atoms with van der Waals surface area (Å²) in [4.78, 5) is 0. The van der Waals surface area contributed by atoms with Crippen LogP contribution in [0.2, 0.25) is 0 Å². The third kappa shape index (κ3) is 3.95. The van der Waals surface area contributed by atoms with Crippen LogP contribution in [0.5, 0.6) is 0 Å². The molecule has 0 bridgehead atoms. The van der Waals surface area contributed by atoms with Gasteiger partial charge >= 0.3 is 0 Å². The van der Waals surface area contributed by atoms with E-state index in [0.717, 1.165) is 19.4 Å². The maximum Gasteiger partial charge on any atom is 0.0822 e. The van der Waals surface area contributed by atoms with Gasteiger partial charge in [-0.25, -0.2) is 0 Å². The van der Waals surface area contributed by atoms with E-state index in [1.807, 2.05) is 0 Å². The van der Waals surface area contributed by atoms with Gasteiger partial charge in [0.2, 0.25) is 0 Å². The third-order valence-electron chi connectivity index (χ3n) is 2.88. The Labute approximate surface area is 88.2 Å². The van der Waals surface area contributed by atoms with Gasteiger partial charge in [0.1, 0.15) is 0 Å². The summed E-state index contributed by atoms with van der Waals surface area (Å²) < 4.78 is 10.8. The van der Waals surface area contributed by atoms with Gasteiger partial charge in [0, 0.05) is 14.2 Å². The smallest absolute Gasteiger partial charge is 0.0822 e. The van der Waals surface area contributed by atoms with Gasteiger partial charge in [-0.15, -0.1) is 0 Å². The predicted molar refractivity (Wildman–Crippen MR) is 59.7 cm³/mol. The van der Waals surface area contributed by atoms with E-state index in [0.29, 0.717) is 6.61 Å². The highest BCUT2D eigenvalue weighted by Crippen LogP contribution is 2.19. The molecule has 0 aromatic rings. The molecule has 0 radical (unpaired) electrons. The second-order valence-corrected chi connectivity index (χ2v) is 3.83. The number of hydrogen-bond donors (Lipinski definition) is 1. The van der Waals surface area contributed by atoms with Gasteiger partial charge < -0.3 is 14.8 Å². The molecule has 0 aromatic heterocycles. The Balaban J connectivity index is 4.27. The molecule has 0 rings (SSSR count). The summed E-state index contributed by atoms with van der Waals surface area (Å²) >= 11 is 0. The van der Waals surface area contributed by atoms with Crippen molar-refractivity contribution in [1.29, 1.82) is 0 Å². The maximum atomic E-state index is 5.56. The van der Waals surface area contributed by atoms with E-state index in [9.17, 15) is 0 Å². The van der Waals surface area contributed by atoms with Crippen LogP contribution in [-0.4, -0.2) is 39.0 Å². The topological polar surface area (TPSA) is 30.5 Å². The third-order valence-corrected chi connectivity index (χ3v) is 2.88. The molecule has 0 spiro atoms. The van der Waals surface area contributed by atoms with E-state index >= 15 is 0 Å². The molecule has 0 heterocycles. The van der Waals surface area contributed by atoms with Crippen molar-refractivity contribution >= 4 is 0 Å². The lowest BCUT2D eigenvalue weighted by Crippen LogP contribution is -2.52. The van der Waals surface area contributed by atoms with E-state index in [1.165, 1.54) is 0 Å². The Kier molecular flexibility index (Phi) is 7.15. The lowest BCUT2D eigenvalue weighted by Gasteiger charge is -2.36. The molecule has 0 aliphatic heterocycles. The normalized spacial score (nSPS) is 17.8. The SMILES string of the molecule is CCCNC(COC)C(C)(CC)OC. The Hall–Kier alpha value is -0.120. The fraction of sp³-hybridized carbons (Fsp3) is 1.00. The molecule has 14 heavy (non-hydrogen) atoms. The van der Waals surface area contributed by atoms with Crippen LogP contribution in [0.1, 0.15) is 33.6 Å². The van der Waals surface area contributed by atoms with Crippen LogP contribution in [0.3, 0.4) is 0 Å². The minimum atomic E-state index is -0.134. The van der Waals surface area contributed by atoms with Gasteiger partial charge in [-0.2, -0.15) is 0 Å². The first-order chi connectivity index (χ1) is 6.64. The monoisotopic (exact) mass is 203 g/mol. The van der Waals surface area contributed by atoms with Crippen LogP contribution in [0.4, 0.5) is 0 Å². The second-order valence-electron chi connectivity index (χ2n) is 3.83. The summed E-state index contributed by atoms with van der Waals surface area (Å²) in [7, 11) is 3.49. The van der Waals surface area contributed by atoms with Gasteiger partial charge in [0.25, 0.3) is 0 Å². The van der Waals surface area contributed by atoms with Crippen molar-refractivity contribution in [3.8, 4) is 0 Å². The quantitative estimate of drug-likeness (QED) is 0.652. The molecule has 0 fully saturated rings. The molecule has 0 amide bonds. The summed E-state index contributed by atoms with van der Waals surface area (Å²) in [6.07, 6.45) is 2.11. The zero-order valence-corrected chi connectivity index (χ0v) is 10.2. The Morgan fingerprint density at radius 1 is 1.29 bits per heavy atom. The molecule has 0 saturated carbocycles. The molecular weight excluding hydrogens is 178 g/mol. The second kappa shape index (κ2) is 7.21. The molecule has 0 aromatic carbocycles. The molecule has 3 heteroatoms. The van der Waals surface area contributed by atoms with E-state index in [4.69, 9.17) is 9.47 Å². The molecule has 0 saturated heterocycles. The predicted octanol–water partition coefficient (Wildman–Crippen LogP) is 1.82. The van der Waals surface area contributed by atoms with E-state index in [2.05, 4.69) is 26.1 Å². The highest BCUT2D eigenvalue weighted by Gasteiger charge is 2.31. The average molecular weight is 203 g/mol. The van der Waals surface area contributed by atoms with Crippen molar-refractivity contribution < 1.29 is 9.47 Å². The number of hydrogen-bond acceptors (Lipinski definition) is 3. The summed E-state index contributed by atoms with van der Waals surface area (Å²) in [5, 5.41) is 3.46. The van der Waals surface area contributed by atoms with Crippen LogP contribution in [0, 0.1) is 0 Å². The van der Waals surface area contributed by atoms with E-state index < -0.39 is 0 Å². The van der Waals surface area contributed by atoms with Crippen LogP contribution < -0.4 is 5.32 Å². The zero-order valence-electron chi connectivity index (χ0n) is 10.2. The number of rotatable bonds is 8. The summed E-state index contributed by atoms with van der Waals surface area (Å²) in [6, 6.07) is 0.266. The number of nitrogens with one attached hydrogen (secondary N) is 1. The summed E-state index contributed by atoms with van der Waals surface area (Å²) in [6.45, 7) is 8.12. The maximum absolute atomic E-state index is 5.56. The zero-order chi connectivity index (χ0) is 11.0. The van der Waals surface area contributed by atoms with Gasteiger partial charge in [0.05, 0.1) is 18.2 Å². The highest BCUT2D eigenvalue weighted by molar-refractivity contribution is 4.88. The molecule has 0 aliphatic carbocycles. The molecule has 0 aliphatic rings. The fourth-order valence-electron chi connectivity index (χ4n) is 1.47. The lowest BCUT2D eigenvalue weighted by atomic mass is 9.93. The highest BCUT2D eigenvalue weighted by atomic mass is 16.5. The van der Waals surface area contributed by atoms with Crippen LogP contribution >= 0.6 is 0 Å². The number of ether oxygens (including phenoxy) is 2. The van der Waals surface area contributed by atoms with Crippen molar-refractivity contribution in [3.05, 3.63) is 0 Å². The first kappa shape index (κ1) is 13.9. The Morgan fingerprint density at radius 2 is 1.93 bits per heavy atom. The minimum absolute atomic E-state index is 0.134. The lowest BCUT2D eigenvalue weighted by molar-refractivity contribution is -0.0482. The number of methoxy groups -OCH3 is 2. The standard InChI is InChI=1S/C11H25NO2/c1-6-8-12-10(9-13-4)11(3,7-2)14-5/h10,12H,6-9H2,1-5H3. The van der Waals surface area contributed by atoms with Crippen LogP contribution in [0.15, 0.2) is 0 Å². The molecule has 86 valence electrons. The molecule has 3 nitrogen and oxygen atoms in total.